The predicted octanol–water partition coefficient (Wildman–Crippen LogP) is 7.35. The number of amides is 2. The van der Waals surface area contributed by atoms with Crippen LogP contribution in [-0.4, -0.2) is 19.0 Å². The third-order valence-corrected chi connectivity index (χ3v) is 5.91. The number of nitrogens with one attached hydrogen (secondary N) is 2. The molecule has 2 amide bonds. The molecule has 0 radical (unpaired) electrons. The lowest BCUT2D eigenvalue weighted by atomic mass is 10.2. The van der Waals surface area contributed by atoms with Crippen LogP contribution in [0, 0.1) is 0 Å². The molecular formula is C20H12Cl3F3N2O5S. The maximum atomic E-state index is 12.9. The van der Waals surface area contributed by atoms with Gasteiger partial charge in [-0.25, -0.2) is 4.79 Å². The molecule has 0 bridgehead atoms. The molecule has 0 atom stereocenters. The summed E-state index contributed by atoms with van der Waals surface area (Å²) >= 11 is 17.8. The van der Waals surface area contributed by atoms with Gasteiger partial charge in [-0.3, -0.25) is 4.55 Å². The van der Waals surface area contributed by atoms with Crippen LogP contribution in [0.5, 0.6) is 11.5 Å². The molecule has 3 aromatic rings. The van der Waals surface area contributed by atoms with Crippen LogP contribution >= 0.6 is 34.8 Å². The van der Waals surface area contributed by atoms with Gasteiger partial charge in [-0.15, -0.1) is 0 Å². The van der Waals surface area contributed by atoms with E-state index in [1.165, 1.54) is 24.3 Å². The normalized spacial score (nSPS) is 11.7. The first-order valence-electron chi connectivity index (χ1n) is 8.93. The number of benzene rings is 3. The van der Waals surface area contributed by atoms with Gasteiger partial charge in [0.25, 0.3) is 10.1 Å². The minimum atomic E-state index is -4.90. The van der Waals surface area contributed by atoms with Crippen LogP contribution in [0.3, 0.4) is 0 Å². The van der Waals surface area contributed by atoms with E-state index in [1.54, 1.807) is 0 Å². The topological polar surface area (TPSA) is 105 Å². The van der Waals surface area contributed by atoms with Crippen molar-refractivity contribution in [2.45, 2.75) is 11.1 Å². The highest BCUT2D eigenvalue weighted by atomic mass is 35.5. The highest BCUT2D eigenvalue weighted by Crippen LogP contribution is 2.37. The van der Waals surface area contributed by atoms with Crippen molar-refractivity contribution in [2.75, 3.05) is 10.6 Å². The first-order valence-corrected chi connectivity index (χ1v) is 11.5. The van der Waals surface area contributed by atoms with E-state index in [4.69, 9.17) is 39.5 Å². The Morgan fingerprint density at radius 2 is 1.50 bits per heavy atom. The van der Waals surface area contributed by atoms with E-state index < -0.39 is 44.2 Å². The van der Waals surface area contributed by atoms with Crippen molar-refractivity contribution in [3.8, 4) is 11.5 Å². The average molecular weight is 556 g/mol. The fraction of sp³-hybridized carbons (Fsp3) is 0.0500. The van der Waals surface area contributed by atoms with E-state index >= 15 is 0 Å². The van der Waals surface area contributed by atoms with Crippen LogP contribution in [0.25, 0.3) is 0 Å². The van der Waals surface area contributed by atoms with Gasteiger partial charge in [0.1, 0.15) is 16.4 Å². The number of urea groups is 1. The molecule has 3 aromatic carbocycles. The lowest BCUT2D eigenvalue weighted by Crippen LogP contribution is -2.21. The van der Waals surface area contributed by atoms with Gasteiger partial charge in [0.15, 0.2) is 0 Å². The second-order valence-electron chi connectivity index (χ2n) is 6.58. The van der Waals surface area contributed by atoms with Crippen LogP contribution in [0.4, 0.5) is 29.3 Å². The fourth-order valence-electron chi connectivity index (χ4n) is 2.63. The molecule has 180 valence electrons. The Morgan fingerprint density at radius 3 is 2.09 bits per heavy atom. The standard InChI is InChI=1S/C20H12Cl3F3N2O5S/c21-11-2-4-12(5-3-11)33-17-9-18(34(30,31)32)16(8-14(17)23)28-19(29)27-15-7-10(20(24,25)26)1-6-13(15)22/h1-9H,(H2,27,28,29)(H,30,31,32). The summed E-state index contributed by atoms with van der Waals surface area (Å²) in [6, 6.07) is 8.90. The van der Waals surface area contributed by atoms with Crippen molar-refractivity contribution >= 4 is 62.3 Å². The van der Waals surface area contributed by atoms with Crippen molar-refractivity contribution in [3.05, 3.63) is 75.2 Å². The van der Waals surface area contributed by atoms with E-state index in [-0.39, 0.29) is 21.5 Å². The Hall–Kier alpha value is -2.70. The Kier molecular flexibility index (Phi) is 7.53. The summed E-state index contributed by atoms with van der Waals surface area (Å²) in [5.74, 6) is 0.0636. The molecule has 0 fully saturated rings. The number of hydrogen-bond acceptors (Lipinski definition) is 4. The predicted molar refractivity (Wildman–Crippen MR) is 122 cm³/mol. The molecule has 34 heavy (non-hydrogen) atoms. The molecular weight excluding hydrogens is 544 g/mol. The largest absolute Gasteiger partial charge is 0.456 e. The number of rotatable bonds is 5. The summed E-state index contributed by atoms with van der Waals surface area (Å²) < 4.78 is 77.6. The third-order valence-electron chi connectivity index (χ3n) is 4.14. The van der Waals surface area contributed by atoms with E-state index in [9.17, 15) is 30.9 Å². The highest BCUT2D eigenvalue weighted by molar-refractivity contribution is 7.86. The first kappa shape index (κ1) is 25.9. The van der Waals surface area contributed by atoms with Crippen molar-refractivity contribution in [1.82, 2.24) is 0 Å². The zero-order chi connectivity index (χ0) is 25.3. The Labute approximate surface area is 206 Å². The van der Waals surface area contributed by atoms with Crippen LogP contribution in [0.1, 0.15) is 5.56 Å². The summed E-state index contributed by atoms with van der Waals surface area (Å²) in [5, 5.41) is 4.24. The zero-order valence-electron chi connectivity index (χ0n) is 16.5. The third kappa shape index (κ3) is 6.45. The molecule has 0 spiro atoms. The van der Waals surface area contributed by atoms with Crippen molar-refractivity contribution in [3.63, 3.8) is 0 Å². The minimum absolute atomic E-state index is 0.158. The molecule has 0 saturated heterocycles. The van der Waals surface area contributed by atoms with E-state index in [1.807, 2.05) is 0 Å². The molecule has 14 heteroatoms. The van der Waals surface area contributed by atoms with Crippen molar-refractivity contribution in [1.29, 1.82) is 0 Å². The van der Waals surface area contributed by atoms with Crippen molar-refractivity contribution in [2.24, 2.45) is 0 Å². The first-order chi connectivity index (χ1) is 15.7. The highest BCUT2D eigenvalue weighted by Gasteiger charge is 2.31. The molecule has 0 aliphatic heterocycles. The van der Waals surface area contributed by atoms with Gasteiger partial charge in [0.2, 0.25) is 0 Å². The molecule has 3 rings (SSSR count). The molecule has 0 heterocycles. The van der Waals surface area contributed by atoms with Gasteiger partial charge in [0, 0.05) is 11.1 Å². The number of hydrogen-bond donors (Lipinski definition) is 3. The molecule has 0 unspecified atom stereocenters. The number of carbonyl (C=O) groups is 1. The van der Waals surface area contributed by atoms with Crippen molar-refractivity contribution < 1.29 is 35.7 Å². The fourth-order valence-corrected chi connectivity index (χ4v) is 3.76. The maximum Gasteiger partial charge on any atom is 0.416 e. The number of halogens is 6. The van der Waals surface area contributed by atoms with Crippen LogP contribution in [0.2, 0.25) is 15.1 Å². The second kappa shape index (κ2) is 9.88. The van der Waals surface area contributed by atoms with Gasteiger partial charge in [-0.2, -0.15) is 21.6 Å². The Bertz CT molecular complexity index is 1350. The van der Waals surface area contributed by atoms with Gasteiger partial charge in [-0.1, -0.05) is 34.8 Å². The number of ether oxygens (including phenoxy) is 1. The van der Waals surface area contributed by atoms with Gasteiger partial charge < -0.3 is 15.4 Å². The molecule has 0 aliphatic carbocycles. The zero-order valence-corrected chi connectivity index (χ0v) is 19.5. The van der Waals surface area contributed by atoms with Gasteiger partial charge in [-0.05, 0) is 48.5 Å². The van der Waals surface area contributed by atoms with Gasteiger partial charge >= 0.3 is 12.2 Å². The molecule has 3 N–H and O–H groups in total. The molecule has 7 nitrogen and oxygen atoms in total. The van der Waals surface area contributed by atoms with Crippen LogP contribution in [-0.2, 0) is 16.3 Å². The summed E-state index contributed by atoms with van der Waals surface area (Å²) in [6.07, 6.45) is -4.69. The molecule has 0 saturated carbocycles. The summed E-state index contributed by atoms with van der Waals surface area (Å²) in [7, 11) is -4.90. The quantitative estimate of drug-likeness (QED) is 0.286. The Morgan fingerprint density at radius 1 is 0.882 bits per heavy atom. The average Bonchev–Trinajstić information content (AvgIpc) is 2.71. The van der Waals surface area contributed by atoms with E-state index in [0.717, 1.165) is 24.3 Å². The van der Waals surface area contributed by atoms with E-state index in [2.05, 4.69) is 10.6 Å². The Balaban J connectivity index is 1.90. The number of carbonyl (C=O) groups excluding carboxylic acids is 1. The molecule has 0 aliphatic rings. The second-order valence-corrected chi connectivity index (χ2v) is 9.22. The lowest BCUT2D eigenvalue weighted by molar-refractivity contribution is -0.137. The molecule has 0 aromatic heterocycles. The van der Waals surface area contributed by atoms with Crippen LogP contribution < -0.4 is 15.4 Å². The van der Waals surface area contributed by atoms with E-state index in [0.29, 0.717) is 11.1 Å². The number of alkyl halides is 3. The smallest absolute Gasteiger partial charge is 0.416 e. The SMILES string of the molecule is O=C(Nc1cc(C(F)(F)F)ccc1Cl)Nc1cc(Cl)c(Oc2ccc(Cl)cc2)cc1S(=O)(=O)O. The maximum absolute atomic E-state index is 12.9. The van der Waals surface area contributed by atoms with Gasteiger partial charge in [0.05, 0.1) is 27.0 Å². The summed E-state index contributed by atoms with van der Waals surface area (Å²) in [4.78, 5) is 11.6. The van der Waals surface area contributed by atoms with Crippen LogP contribution in [0.15, 0.2) is 59.5 Å². The monoisotopic (exact) mass is 554 g/mol. The minimum Gasteiger partial charge on any atom is -0.456 e. The lowest BCUT2D eigenvalue weighted by Gasteiger charge is -2.15. The summed E-state index contributed by atoms with van der Waals surface area (Å²) in [6.45, 7) is 0. The summed E-state index contributed by atoms with van der Waals surface area (Å²) in [5.41, 5.74) is -1.94. The number of anilines is 2.